The lowest BCUT2D eigenvalue weighted by molar-refractivity contribution is -0.117. The predicted molar refractivity (Wildman–Crippen MR) is 77.7 cm³/mol. The Hall–Kier alpha value is -1.71. The van der Waals surface area contributed by atoms with Gasteiger partial charge in [0.15, 0.2) is 11.5 Å². The van der Waals surface area contributed by atoms with E-state index in [-0.39, 0.29) is 0 Å². The fourth-order valence-corrected chi connectivity index (χ4v) is 2.94. The third-order valence-corrected chi connectivity index (χ3v) is 4.08. The van der Waals surface area contributed by atoms with Gasteiger partial charge in [-0.2, -0.15) is 0 Å². The van der Waals surface area contributed by atoms with Gasteiger partial charge in [0, 0.05) is 31.3 Å². The number of rotatable bonds is 4. The van der Waals surface area contributed by atoms with Gasteiger partial charge in [-0.25, -0.2) is 0 Å². The summed E-state index contributed by atoms with van der Waals surface area (Å²) < 4.78 is 11.2. The Morgan fingerprint density at radius 3 is 2.90 bits per heavy atom. The van der Waals surface area contributed by atoms with Crippen LogP contribution in [0.25, 0.3) is 0 Å². The van der Waals surface area contributed by atoms with Gasteiger partial charge in [0.05, 0.1) is 0 Å². The average molecular weight is 275 g/mol. The van der Waals surface area contributed by atoms with Gasteiger partial charge >= 0.3 is 0 Å². The van der Waals surface area contributed by atoms with Gasteiger partial charge in [0.25, 0.3) is 0 Å². The highest BCUT2D eigenvalue weighted by Crippen LogP contribution is 2.36. The van der Waals surface area contributed by atoms with E-state index in [1.54, 1.807) is 6.92 Å². The molecule has 1 unspecified atom stereocenters. The lowest BCUT2D eigenvalue weighted by Gasteiger charge is -2.23. The van der Waals surface area contributed by atoms with Gasteiger partial charge in [-0.15, -0.1) is 0 Å². The molecule has 0 spiro atoms. The van der Waals surface area contributed by atoms with E-state index >= 15 is 0 Å². The van der Waals surface area contributed by atoms with Crippen molar-refractivity contribution in [3.05, 3.63) is 18.2 Å². The molecule has 1 saturated heterocycles. The first-order valence-corrected chi connectivity index (χ1v) is 7.36. The highest BCUT2D eigenvalue weighted by Gasteiger charge is 2.24. The highest BCUT2D eigenvalue weighted by atomic mass is 16.6. The van der Waals surface area contributed by atoms with Crippen LogP contribution in [0, 0.1) is 5.92 Å². The molecule has 4 heteroatoms. The number of ether oxygens (including phenoxy) is 2. The van der Waals surface area contributed by atoms with Crippen LogP contribution in [-0.2, 0) is 4.79 Å². The van der Waals surface area contributed by atoms with Gasteiger partial charge < -0.3 is 19.2 Å². The zero-order valence-corrected chi connectivity index (χ0v) is 11.9. The molecule has 0 saturated carbocycles. The van der Waals surface area contributed by atoms with Crippen molar-refractivity contribution in [2.75, 3.05) is 31.2 Å². The van der Waals surface area contributed by atoms with E-state index in [1.807, 2.05) is 6.07 Å². The zero-order chi connectivity index (χ0) is 13.9. The fraction of sp³-hybridized carbons (Fsp3) is 0.562. The van der Waals surface area contributed by atoms with Crippen LogP contribution in [0.2, 0.25) is 0 Å². The molecule has 3 rings (SSSR count). The van der Waals surface area contributed by atoms with Crippen LogP contribution in [0.1, 0.15) is 26.2 Å². The van der Waals surface area contributed by atoms with Gasteiger partial charge in [-0.05, 0) is 37.8 Å². The van der Waals surface area contributed by atoms with Crippen molar-refractivity contribution in [3.8, 4) is 11.5 Å². The number of carbonyl (C=O) groups is 1. The molecule has 108 valence electrons. The first kappa shape index (κ1) is 13.3. The minimum atomic E-state index is 0.294. The summed E-state index contributed by atoms with van der Waals surface area (Å²) in [6.45, 7) is 5.02. The normalized spacial score (nSPS) is 21.1. The van der Waals surface area contributed by atoms with Crippen LogP contribution in [0.3, 0.4) is 0 Å². The maximum Gasteiger partial charge on any atom is 0.163 e. The van der Waals surface area contributed by atoms with E-state index < -0.39 is 0 Å². The monoisotopic (exact) mass is 275 g/mol. The summed E-state index contributed by atoms with van der Waals surface area (Å²) in [5.74, 6) is 2.61. The van der Waals surface area contributed by atoms with E-state index in [4.69, 9.17) is 9.47 Å². The maximum atomic E-state index is 11.1. The van der Waals surface area contributed by atoms with Crippen molar-refractivity contribution < 1.29 is 14.3 Å². The molecule has 1 fully saturated rings. The number of anilines is 1. The van der Waals surface area contributed by atoms with Crippen LogP contribution in [0.15, 0.2) is 18.2 Å². The number of ketones is 1. The van der Waals surface area contributed by atoms with Crippen LogP contribution < -0.4 is 14.4 Å². The Morgan fingerprint density at radius 2 is 2.10 bits per heavy atom. The highest BCUT2D eigenvalue weighted by molar-refractivity contribution is 5.75. The molecular weight excluding hydrogens is 254 g/mol. The molecule has 2 heterocycles. The second-order valence-corrected chi connectivity index (χ2v) is 5.67. The van der Waals surface area contributed by atoms with Crippen LogP contribution in [0.4, 0.5) is 5.69 Å². The zero-order valence-electron chi connectivity index (χ0n) is 11.9. The third kappa shape index (κ3) is 2.89. The molecule has 0 N–H and O–H groups in total. The van der Waals surface area contributed by atoms with Crippen molar-refractivity contribution >= 4 is 11.5 Å². The Kier molecular flexibility index (Phi) is 3.81. The molecule has 1 aromatic carbocycles. The van der Waals surface area contributed by atoms with E-state index in [0.29, 0.717) is 31.3 Å². The van der Waals surface area contributed by atoms with E-state index in [9.17, 15) is 4.79 Å². The summed E-state index contributed by atoms with van der Waals surface area (Å²) in [5, 5.41) is 0. The summed E-state index contributed by atoms with van der Waals surface area (Å²) in [7, 11) is 0. The molecule has 0 amide bonds. The Bertz CT molecular complexity index is 500. The Morgan fingerprint density at radius 1 is 1.30 bits per heavy atom. The molecule has 2 aliphatic rings. The molecule has 0 radical (unpaired) electrons. The first-order chi connectivity index (χ1) is 9.72. The molecule has 1 atom stereocenters. The number of carbonyl (C=O) groups excluding carboxylic acids is 1. The quantitative estimate of drug-likeness (QED) is 0.847. The second kappa shape index (κ2) is 5.73. The molecule has 4 nitrogen and oxygen atoms in total. The van der Waals surface area contributed by atoms with Gasteiger partial charge in [-0.1, -0.05) is 0 Å². The minimum Gasteiger partial charge on any atom is -0.486 e. The first-order valence-electron chi connectivity index (χ1n) is 7.36. The molecule has 0 bridgehead atoms. The minimum absolute atomic E-state index is 0.294. The topological polar surface area (TPSA) is 38.8 Å². The summed E-state index contributed by atoms with van der Waals surface area (Å²) in [6.07, 6.45) is 2.89. The summed E-state index contributed by atoms with van der Waals surface area (Å²) in [4.78, 5) is 13.4. The number of hydrogen-bond acceptors (Lipinski definition) is 4. The summed E-state index contributed by atoms with van der Waals surface area (Å²) >= 11 is 0. The van der Waals surface area contributed by atoms with Gasteiger partial charge in [-0.3, -0.25) is 0 Å². The third-order valence-electron chi connectivity index (χ3n) is 4.08. The molecule has 0 aromatic heterocycles. The fourth-order valence-electron chi connectivity index (χ4n) is 2.94. The maximum absolute atomic E-state index is 11.1. The van der Waals surface area contributed by atoms with Crippen LogP contribution >= 0.6 is 0 Å². The summed E-state index contributed by atoms with van der Waals surface area (Å²) in [5.41, 5.74) is 1.19. The molecule has 20 heavy (non-hydrogen) atoms. The van der Waals surface area contributed by atoms with Crippen LogP contribution in [0.5, 0.6) is 11.5 Å². The number of fused-ring (bicyclic) bond motifs is 1. The number of hydrogen-bond donors (Lipinski definition) is 0. The smallest absolute Gasteiger partial charge is 0.163 e. The molecule has 0 aliphatic carbocycles. The lowest BCUT2D eigenvalue weighted by atomic mass is 10.0. The molecule has 1 aromatic rings. The Balaban J connectivity index is 1.64. The van der Waals surface area contributed by atoms with Gasteiger partial charge in [0.2, 0.25) is 0 Å². The van der Waals surface area contributed by atoms with E-state index in [2.05, 4.69) is 17.0 Å². The number of nitrogens with zero attached hydrogens (tertiary/aromatic N) is 1. The van der Waals surface area contributed by atoms with Crippen molar-refractivity contribution in [1.29, 1.82) is 0 Å². The predicted octanol–water partition coefficient (Wildman–Crippen LogP) is 2.65. The summed E-state index contributed by atoms with van der Waals surface area (Å²) in [6, 6.07) is 6.16. The van der Waals surface area contributed by atoms with Crippen LogP contribution in [-0.4, -0.2) is 32.1 Å². The number of Topliss-reactive ketones (excluding diaryl/α,β-unsaturated/α-hetero) is 1. The van der Waals surface area contributed by atoms with E-state index in [0.717, 1.165) is 31.0 Å². The van der Waals surface area contributed by atoms with Crippen molar-refractivity contribution in [2.45, 2.75) is 26.2 Å². The van der Waals surface area contributed by atoms with E-state index in [1.165, 1.54) is 12.1 Å². The second-order valence-electron chi connectivity index (χ2n) is 5.67. The van der Waals surface area contributed by atoms with Crippen molar-refractivity contribution in [3.63, 3.8) is 0 Å². The van der Waals surface area contributed by atoms with Gasteiger partial charge in [0.1, 0.15) is 19.0 Å². The largest absolute Gasteiger partial charge is 0.486 e. The van der Waals surface area contributed by atoms with Crippen molar-refractivity contribution in [2.24, 2.45) is 5.92 Å². The average Bonchev–Trinajstić information content (AvgIpc) is 2.93. The SMILES string of the molecule is CC(=O)CCC1CCN(c2ccc3c(c2)OCCO3)C1. The van der Waals surface area contributed by atoms with Crippen molar-refractivity contribution in [1.82, 2.24) is 0 Å². The lowest BCUT2D eigenvalue weighted by Crippen LogP contribution is -2.21. The molecule has 2 aliphatic heterocycles. The standard InChI is InChI=1S/C16H21NO3/c1-12(18)2-3-13-6-7-17(11-13)14-4-5-15-16(10-14)20-9-8-19-15/h4-5,10,13H,2-3,6-9,11H2,1H3. The number of benzene rings is 1. The Labute approximate surface area is 119 Å². The molecular formula is C16H21NO3.